The lowest BCUT2D eigenvalue weighted by Gasteiger charge is -2.14. The minimum absolute atomic E-state index is 0.187. The highest BCUT2D eigenvalue weighted by molar-refractivity contribution is 5.80. The number of carbonyl (C=O) groups is 1. The summed E-state index contributed by atoms with van der Waals surface area (Å²) in [4.78, 5) is 11.9. The molecule has 1 heterocycles. The van der Waals surface area contributed by atoms with Gasteiger partial charge in [0.15, 0.2) is 11.9 Å². The number of hydrogen-bond donors (Lipinski definition) is 1. The first kappa shape index (κ1) is 14.0. The molecular formula is C14H18N4O2. The predicted molar refractivity (Wildman–Crippen MR) is 74.1 cm³/mol. The zero-order valence-corrected chi connectivity index (χ0v) is 11.8. The fourth-order valence-electron chi connectivity index (χ4n) is 1.65. The first-order valence-electron chi connectivity index (χ1n) is 6.40. The molecule has 2 aromatic rings. The summed E-state index contributed by atoms with van der Waals surface area (Å²) in [6.07, 6.45) is 1.03. The van der Waals surface area contributed by atoms with Crippen LogP contribution in [0.3, 0.4) is 0 Å². The number of amides is 1. The predicted octanol–water partition coefficient (Wildman–Crippen LogP) is 1.21. The van der Waals surface area contributed by atoms with Gasteiger partial charge >= 0.3 is 0 Å². The Morgan fingerprint density at radius 1 is 1.40 bits per heavy atom. The van der Waals surface area contributed by atoms with Crippen molar-refractivity contribution in [3.8, 4) is 5.75 Å². The lowest BCUT2D eigenvalue weighted by atomic mass is 10.2. The zero-order chi connectivity index (χ0) is 14.5. The Morgan fingerprint density at radius 2 is 2.10 bits per heavy atom. The van der Waals surface area contributed by atoms with E-state index in [1.54, 1.807) is 17.8 Å². The molecule has 1 unspecified atom stereocenters. The third-order valence-electron chi connectivity index (χ3n) is 2.93. The van der Waals surface area contributed by atoms with E-state index in [4.69, 9.17) is 4.74 Å². The van der Waals surface area contributed by atoms with E-state index in [1.807, 2.05) is 38.2 Å². The maximum absolute atomic E-state index is 11.9. The van der Waals surface area contributed by atoms with Crippen molar-refractivity contribution in [1.29, 1.82) is 0 Å². The number of aromatic nitrogens is 3. The molecule has 1 atom stereocenters. The molecule has 6 heteroatoms. The highest BCUT2D eigenvalue weighted by atomic mass is 16.5. The molecule has 0 fully saturated rings. The molecule has 0 saturated heterocycles. The molecule has 2 rings (SSSR count). The van der Waals surface area contributed by atoms with Crippen molar-refractivity contribution in [2.24, 2.45) is 7.05 Å². The van der Waals surface area contributed by atoms with Gasteiger partial charge < -0.3 is 14.6 Å². The Hall–Kier alpha value is -2.37. The summed E-state index contributed by atoms with van der Waals surface area (Å²) in [6.45, 7) is 4.05. The molecule has 6 nitrogen and oxygen atoms in total. The molecule has 0 aliphatic rings. The van der Waals surface area contributed by atoms with Crippen LogP contribution >= 0.6 is 0 Å². The summed E-state index contributed by atoms with van der Waals surface area (Å²) in [5.41, 5.74) is 1.15. The highest BCUT2D eigenvalue weighted by Crippen LogP contribution is 2.13. The largest absolute Gasteiger partial charge is 0.481 e. The lowest BCUT2D eigenvalue weighted by molar-refractivity contribution is -0.127. The number of nitrogens with one attached hydrogen (secondary N) is 1. The van der Waals surface area contributed by atoms with E-state index in [0.717, 1.165) is 5.56 Å². The molecule has 1 aromatic heterocycles. The molecule has 0 saturated carbocycles. The number of rotatable bonds is 5. The molecule has 1 amide bonds. The maximum Gasteiger partial charge on any atom is 0.261 e. The van der Waals surface area contributed by atoms with E-state index < -0.39 is 6.10 Å². The van der Waals surface area contributed by atoms with Crippen molar-refractivity contribution in [2.45, 2.75) is 26.5 Å². The van der Waals surface area contributed by atoms with Gasteiger partial charge in [-0.1, -0.05) is 17.7 Å². The second kappa shape index (κ2) is 6.18. The summed E-state index contributed by atoms with van der Waals surface area (Å²) < 4.78 is 7.33. The number of nitrogens with zero attached hydrogens (tertiary/aromatic N) is 3. The van der Waals surface area contributed by atoms with Crippen molar-refractivity contribution in [2.75, 3.05) is 0 Å². The topological polar surface area (TPSA) is 69.0 Å². The van der Waals surface area contributed by atoms with Crippen molar-refractivity contribution in [3.63, 3.8) is 0 Å². The molecule has 0 bridgehead atoms. The van der Waals surface area contributed by atoms with Crippen molar-refractivity contribution < 1.29 is 9.53 Å². The van der Waals surface area contributed by atoms with Crippen LogP contribution in [0.1, 0.15) is 18.3 Å². The van der Waals surface area contributed by atoms with Crippen molar-refractivity contribution >= 4 is 5.91 Å². The van der Waals surface area contributed by atoms with Gasteiger partial charge in [-0.05, 0) is 26.0 Å². The molecule has 0 spiro atoms. The number of aryl methyl sites for hydroxylation is 2. The molecule has 0 aliphatic heterocycles. The van der Waals surface area contributed by atoms with Crippen LogP contribution in [0.25, 0.3) is 0 Å². The van der Waals surface area contributed by atoms with Gasteiger partial charge in [0.2, 0.25) is 0 Å². The van der Waals surface area contributed by atoms with Crippen molar-refractivity contribution in [3.05, 3.63) is 42.0 Å². The second-order valence-corrected chi connectivity index (χ2v) is 4.65. The average molecular weight is 274 g/mol. The molecule has 1 N–H and O–H groups in total. The van der Waals surface area contributed by atoms with Crippen LogP contribution in [0.2, 0.25) is 0 Å². The van der Waals surface area contributed by atoms with Crippen LogP contribution in [-0.4, -0.2) is 26.8 Å². The summed E-state index contributed by atoms with van der Waals surface area (Å²) >= 11 is 0. The van der Waals surface area contributed by atoms with E-state index in [9.17, 15) is 4.79 Å². The number of ether oxygens (including phenoxy) is 1. The van der Waals surface area contributed by atoms with Gasteiger partial charge in [0.25, 0.3) is 5.91 Å². The standard InChI is InChI=1S/C14H18N4O2/c1-10-4-6-12(7-5-10)20-11(2)14(19)15-8-13-17-16-9-18(13)3/h4-7,9,11H,8H2,1-3H3,(H,15,19). The lowest BCUT2D eigenvalue weighted by Crippen LogP contribution is -2.36. The van der Waals surface area contributed by atoms with Crippen LogP contribution in [0.4, 0.5) is 0 Å². The molecule has 0 radical (unpaired) electrons. The van der Waals surface area contributed by atoms with Gasteiger partial charge in [0, 0.05) is 7.05 Å². The van der Waals surface area contributed by atoms with E-state index in [0.29, 0.717) is 18.1 Å². The van der Waals surface area contributed by atoms with Crippen molar-refractivity contribution in [1.82, 2.24) is 20.1 Å². The summed E-state index contributed by atoms with van der Waals surface area (Å²) in [5, 5.41) is 10.4. The Morgan fingerprint density at radius 3 is 2.70 bits per heavy atom. The summed E-state index contributed by atoms with van der Waals surface area (Å²) in [6, 6.07) is 7.59. The molecule has 0 aliphatic carbocycles. The van der Waals surface area contributed by atoms with Crippen LogP contribution in [0.5, 0.6) is 5.75 Å². The Kier molecular flexibility index (Phi) is 4.34. The van der Waals surface area contributed by atoms with Crippen LogP contribution in [-0.2, 0) is 18.4 Å². The molecule has 20 heavy (non-hydrogen) atoms. The minimum atomic E-state index is -0.564. The van der Waals surface area contributed by atoms with E-state index in [1.165, 1.54) is 0 Å². The Balaban J connectivity index is 1.86. The normalized spacial score (nSPS) is 11.9. The highest BCUT2D eigenvalue weighted by Gasteiger charge is 2.15. The number of carbonyl (C=O) groups excluding carboxylic acids is 1. The molecular weight excluding hydrogens is 256 g/mol. The Bertz CT molecular complexity index is 577. The molecule has 1 aromatic carbocycles. The van der Waals surface area contributed by atoms with E-state index in [2.05, 4.69) is 15.5 Å². The average Bonchev–Trinajstić information content (AvgIpc) is 2.84. The van der Waals surface area contributed by atoms with Gasteiger partial charge in [-0.15, -0.1) is 10.2 Å². The fraction of sp³-hybridized carbons (Fsp3) is 0.357. The first-order valence-corrected chi connectivity index (χ1v) is 6.40. The van der Waals surface area contributed by atoms with Crippen LogP contribution in [0, 0.1) is 6.92 Å². The smallest absolute Gasteiger partial charge is 0.261 e. The number of hydrogen-bond acceptors (Lipinski definition) is 4. The Labute approximate surface area is 117 Å². The zero-order valence-electron chi connectivity index (χ0n) is 11.8. The monoisotopic (exact) mass is 274 g/mol. The van der Waals surface area contributed by atoms with Gasteiger partial charge in [0.1, 0.15) is 12.1 Å². The van der Waals surface area contributed by atoms with Crippen LogP contribution in [0.15, 0.2) is 30.6 Å². The minimum Gasteiger partial charge on any atom is -0.481 e. The second-order valence-electron chi connectivity index (χ2n) is 4.65. The van der Waals surface area contributed by atoms with Gasteiger partial charge in [-0.2, -0.15) is 0 Å². The fourth-order valence-corrected chi connectivity index (χ4v) is 1.65. The third-order valence-corrected chi connectivity index (χ3v) is 2.93. The van der Waals surface area contributed by atoms with Gasteiger partial charge in [-0.25, -0.2) is 0 Å². The van der Waals surface area contributed by atoms with E-state index >= 15 is 0 Å². The quantitative estimate of drug-likeness (QED) is 0.889. The van der Waals surface area contributed by atoms with Gasteiger partial charge in [0.05, 0.1) is 6.54 Å². The maximum atomic E-state index is 11.9. The SMILES string of the molecule is Cc1ccc(OC(C)C(=O)NCc2nncn2C)cc1. The third kappa shape index (κ3) is 3.57. The summed E-state index contributed by atoms with van der Waals surface area (Å²) in [5.74, 6) is 1.19. The summed E-state index contributed by atoms with van der Waals surface area (Å²) in [7, 11) is 1.83. The molecule has 106 valence electrons. The first-order chi connectivity index (χ1) is 9.56. The van der Waals surface area contributed by atoms with E-state index in [-0.39, 0.29) is 5.91 Å². The number of benzene rings is 1. The van der Waals surface area contributed by atoms with Gasteiger partial charge in [-0.3, -0.25) is 4.79 Å². The van der Waals surface area contributed by atoms with Crippen LogP contribution < -0.4 is 10.1 Å².